The van der Waals surface area contributed by atoms with Crippen LogP contribution in [0.25, 0.3) is 6.08 Å². The van der Waals surface area contributed by atoms with Gasteiger partial charge in [-0.2, -0.15) is 0 Å². The van der Waals surface area contributed by atoms with Gasteiger partial charge in [0.2, 0.25) is 5.91 Å². The third-order valence-corrected chi connectivity index (χ3v) is 1.70. The summed E-state index contributed by atoms with van der Waals surface area (Å²) in [7, 11) is 1.93. The summed E-state index contributed by atoms with van der Waals surface area (Å²) in [6, 6.07) is 0. The molecule has 1 amide bonds. The average molecular weight is 193 g/mol. The van der Waals surface area contributed by atoms with Crippen molar-refractivity contribution in [3.8, 4) is 0 Å². The van der Waals surface area contributed by atoms with Gasteiger partial charge < -0.3 is 9.88 Å². The zero-order chi connectivity index (χ0) is 10.4. The van der Waals surface area contributed by atoms with E-state index in [1.165, 1.54) is 6.92 Å². The first-order valence-corrected chi connectivity index (χ1v) is 4.57. The molecule has 1 aromatic rings. The molecule has 1 N–H and O–H groups in total. The second-order valence-corrected chi connectivity index (χ2v) is 3.14. The fourth-order valence-corrected chi connectivity index (χ4v) is 1.05. The summed E-state index contributed by atoms with van der Waals surface area (Å²) < 4.78 is 1.90. The number of hydrogen-bond donors (Lipinski definition) is 1. The second kappa shape index (κ2) is 5.21. The number of amides is 1. The van der Waals surface area contributed by atoms with Crippen molar-refractivity contribution in [1.82, 2.24) is 14.9 Å². The van der Waals surface area contributed by atoms with Crippen LogP contribution in [0.15, 0.2) is 18.6 Å². The first-order chi connectivity index (χ1) is 6.68. The second-order valence-electron chi connectivity index (χ2n) is 3.14. The molecule has 0 unspecified atom stereocenters. The largest absolute Gasteiger partial charge is 0.356 e. The van der Waals surface area contributed by atoms with Gasteiger partial charge in [0.1, 0.15) is 0 Å². The molecule has 0 atom stereocenters. The van der Waals surface area contributed by atoms with Crippen LogP contribution in [-0.2, 0) is 11.8 Å². The molecule has 0 aliphatic rings. The van der Waals surface area contributed by atoms with E-state index in [1.54, 1.807) is 6.33 Å². The molecule has 0 fully saturated rings. The van der Waals surface area contributed by atoms with E-state index in [2.05, 4.69) is 10.3 Å². The Hall–Kier alpha value is -1.58. The zero-order valence-electron chi connectivity index (χ0n) is 8.53. The van der Waals surface area contributed by atoms with Crippen LogP contribution in [-0.4, -0.2) is 22.0 Å². The van der Waals surface area contributed by atoms with Gasteiger partial charge in [-0.05, 0) is 12.5 Å². The number of aromatic nitrogens is 2. The Morgan fingerprint density at radius 2 is 2.50 bits per heavy atom. The number of rotatable bonds is 4. The molecule has 76 valence electrons. The molecule has 1 heterocycles. The molecule has 0 aromatic carbocycles. The van der Waals surface area contributed by atoms with Crippen LogP contribution in [0.5, 0.6) is 0 Å². The van der Waals surface area contributed by atoms with Crippen LogP contribution in [0.2, 0.25) is 0 Å². The maximum atomic E-state index is 10.5. The van der Waals surface area contributed by atoms with Crippen molar-refractivity contribution in [1.29, 1.82) is 0 Å². The minimum atomic E-state index is 0.0104. The van der Waals surface area contributed by atoms with Crippen molar-refractivity contribution in [2.45, 2.75) is 13.3 Å². The van der Waals surface area contributed by atoms with Crippen molar-refractivity contribution >= 4 is 12.0 Å². The number of imidazole rings is 1. The van der Waals surface area contributed by atoms with E-state index in [0.29, 0.717) is 6.54 Å². The van der Waals surface area contributed by atoms with Gasteiger partial charge in [0, 0.05) is 26.7 Å². The predicted octanol–water partition coefficient (Wildman–Crippen LogP) is 0.959. The number of carbonyl (C=O) groups is 1. The predicted molar refractivity (Wildman–Crippen MR) is 55.5 cm³/mol. The highest BCUT2D eigenvalue weighted by Crippen LogP contribution is 1.97. The summed E-state index contributed by atoms with van der Waals surface area (Å²) >= 11 is 0. The summed E-state index contributed by atoms with van der Waals surface area (Å²) in [5.41, 5.74) is 0.940. The highest BCUT2D eigenvalue weighted by molar-refractivity contribution is 5.72. The van der Waals surface area contributed by atoms with Gasteiger partial charge in [0.05, 0.1) is 12.0 Å². The Morgan fingerprint density at radius 3 is 3.07 bits per heavy atom. The summed E-state index contributed by atoms with van der Waals surface area (Å²) in [5, 5.41) is 2.72. The lowest BCUT2D eigenvalue weighted by atomic mass is 10.3. The number of aryl methyl sites for hydroxylation is 1. The standard InChI is InChI=1S/C10H15N3O/c1-9(14)11-6-4-3-5-10-7-13(2)8-12-10/h3,5,7-8H,4,6H2,1-2H3,(H,11,14). The van der Waals surface area contributed by atoms with E-state index >= 15 is 0 Å². The zero-order valence-corrected chi connectivity index (χ0v) is 8.53. The molecular formula is C10H15N3O. The summed E-state index contributed by atoms with van der Waals surface area (Å²) in [5.74, 6) is 0.0104. The van der Waals surface area contributed by atoms with E-state index in [0.717, 1.165) is 12.1 Å². The van der Waals surface area contributed by atoms with Gasteiger partial charge in [-0.1, -0.05) is 6.08 Å². The van der Waals surface area contributed by atoms with Crippen LogP contribution in [0.1, 0.15) is 19.0 Å². The topological polar surface area (TPSA) is 46.9 Å². The molecule has 0 radical (unpaired) electrons. The third kappa shape index (κ3) is 3.89. The van der Waals surface area contributed by atoms with Gasteiger partial charge in [-0.3, -0.25) is 4.79 Å². The van der Waals surface area contributed by atoms with E-state index in [-0.39, 0.29) is 5.91 Å². The quantitative estimate of drug-likeness (QED) is 0.724. The Kier molecular flexibility index (Phi) is 3.91. The summed E-state index contributed by atoms with van der Waals surface area (Å²) in [6.07, 6.45) is 8.47. The Morgan fingerprint density at radius 1 is 1.71 bits per heavy atom. The van der Waals surface area contributed by atoms with Gasteiger partial charge in [0.15, 0.2) is 0 Å². The van der Waals surface area contributed by atoms with E-state index in [4.69, 9.17) is 0 Å². The van der Waals surface area contributed by atoms with Crippen LogP contribution in [0.4, 0.5) is 0 Å². The van der Waals surface area contributed by atoms with Crippen molar-refractivity contribution in [3.63, 3.8) is 0 Å². The Labute approximate surface area is 83.6 Å². The summed E-state index contributed by atoms with van der Waals surface area (Å²) in [4.78, 5) is 14.7. The number of nitrogens with one attached hydrogen (secondary N) is 1. The molecule has 0 bridgehead atoms. The highest BCUT2D eigenvalue weighted by atomic mass is 16.1. The molecule has 0 saturated heterocycles. The smallest absolute Gasteiger partial charge is 0.216 e. The van der Waals surface area contributed by atoms with Crippen LogP contribution >= 0.6 is 0 Å². The Bertz CT molecular complexity index is 328. The average Bonchev–Trinajstić information content (AvgIpc) is 2.50. The molecule has 0 spiro atoms. The minimum absolute atomic E-state index is 0.0104. The minimum Gasteiger partial charge on any atom is -0.356 e. The maximum Gasteiger partial charge on any atom is 0.216 e. The lowest BCUT2D eigenvalue weighted by molar-refractivity contribution is -0.118. The van der Waals surface area contributed by atoms with Gasteiger partial charge in [-0.25, -0.2) is 4.98 Å². The first-order valence-electron chi connectivity index (χ1n) is 4.57. The number of nitrogens with zero attached hydrogens (tertiary/aromatic N) is 2. The van der Waals surface area contributed by atoms with Gasteiger partial charge in [-0.15, -0.1) is 0 Å². The third-order valence-electron chi connectivity index (χ3n) is 1.70. The normalized spacial score (nSPS) is 10.7. The van der Waals surface area contributed by atoms with Crippen LogP contribution < -0.4 is 5.32 Å². The lowest BCUT2D eigenvalue weighted by Crippen LogP contribution is -2.20. The number of hydrogen-bond acceptors (Lipinski definition) is 2. The maximum absolute atomic E-state index is 10.5. The van der Waals surface area contributed by atoms with Crippen LogP contribution in [0, 0.1) is 0 Å². The molecule has 14 heavy (non-hydrogen) atoms. The molecule has 1 rings (SSSR count). The molecule has 0 saturated carbocycles. The lowest BCUT2D eigenvalue weighted by Gasteiger charge is -1.95. The van der Waals surface area contributed by atoms with Gasteiger partial charge in [0.25, 0.3) is 0 Å². The van der Waals surface area contributed by atoms with Crippen molar-refractivity contribution in [3.05, 3.63) is 24.3 Å². The molecule has 0 aliphatic heterocycles. The van der Waals surface area contributed by atoms with Crippen molar-refractivity contribution in [2.75, 3.05) is 6.54 Å². The molecule has 1 aromatic heterocycles. The SMILES string of the molecule is CC(=O)NCCC=Cc1cn(C)cn1. The van der Waals surface area contributed by atoms with Gasteiger partial charge >= 0.3 is 0 Å². The summed E-state index contributed by atoms with van der Waals surface area (Å²) in [6.45, 7) is 2.20. The van der Waals surface area contributed by atoms with E-state index < -0.39 is 0 Å². The fraction of sp³-hybridized carbons (Fsp3) is 0.400. The fourth-order valence-electron chi connectivity index (χ4n) is 1.05. The van der Waals surface area contributed by atoms with E-state index in [1.807, 2.05) is 30.0 Å². The first kappa shape index (κ1) is 10.5. The molecule has 4 heteroatoms. The molecule has 4 nitrogen and oxygen atoms in total. The Balaban J connectivity index is 2.24. The van der Waals surface area contributed by atoms with Crippen molar-refractivity contribution in [2.24, 2.45) is 7.05 Å². The molecular weight excluding hydrogens is 178 g/mol. The van der Waals surface area contributed by atoms with Crippen LogP contribution in [0.3, 0.4) is 0 Å². The highest BCUT2D eigenvalue weighted by Gasteiger charge is 1.90. The van der Waals surface area contributed by atoms with E-state index in [9.17, 15) is 4.79 Å². The van der Waals surface area contributed by atoms with Crippen molar-refractivity contribution < 1.29 is 4.79 Å². The molecule has 0 aliphatic carbocycles. The monoisotopic (exact) mass is 193 g/mol. The number of carbonyl (C=O) groups excluding carboxylic acids is 1.